The fraction of sp³-hybridized carbons (Fsp3) is 0.235. The van der Waals surface area contributed by atoms with Crippen LogP contribution in [0.2, 0.25) is 0 Å². The molecule has 0 spiro atoms. The second-order valence-electron chi connectivity index (χ2n) is 5.19. The van der Waals surface area contributed by atoms with Crippen molar-refractivity contribution in [1.82, 2.24) is 0 Å². The molecule has 0 aromatic heterocycles. The molecular weight excluding hydrogens is 316 g/mol. The van der Waals surface area contributed by atoms with Gasteiger partial charge in [0.1, 0.15) is 5.75 Å². The average molecular weight is 331 g/mol. The summed E-state index contributed by atoms with van der Waals surface area (Å²) in [5, 5.41) is 0. The molecule has 3 rings (SSSR count). The van der Waals surface area contributed by atoms with E-state index in [1.807, 2.05) is 44.2 Å². The van der Waals surface area contributed by atoms with Crippen molar-refractivity contribution in [3.05, 3.63) is 62.6 Å². The van der Waals surface area contributed by atoms with Gasteiger partial charge in [0.2, 0.25) is 0 Å². The minimum atomic E-state index is 0.0330. The Kier molecular flexibility index (Phi) is 3.38. The van der Waals surface area contributed by atoms with Crippen LogP contribution in [-0.2, 0) is 6.42 Å². The predicted molar refractivity (Wildman–Crippen MR) is 82.7 cm³/mol. The number of hydrogen-bond acceptors (Lipinski definition) is 2. The highest BCUT2D eigenvalue weighted by atomic mass is 79.9. The van der Waals surface area contributed by atoms with Crippen LogP contribution in [0.15, 0.2) is 34.8 Å². The normalized spacial score (nSPS) is 12.9. The Morgan fingerprint density at radius 3 is 2.75 bits per heavy atom. The number of carbonyl (C=O) groups excluding carboxylic acids is 1. The number of halogens is 1. The Bertz CT molecular complexity index is 704. The zero-order valence-corrected chi connectivity index (χ0v) is 13.1. The van der Waals surface area contributed by atoms with Gasteiger partial charge < -0.3 is 4.74 Å². The lowest BCUT2D eigenvalue weighted by Crippen LogP contribution is -2.06. The largest absolute Gasteiger partial charge is 0.492 e. The Morgan fingerprint density at radius 1 is 1.15 bits per heavy atom. The van der Waals surface area contributed by atoms with E-state index in [0.717, 1.165) is 38.9 Å². The number of hydrogen-bond donors (Lipinski definition) is 0. The summed E-state index contributed by atoms with van der Waals surface area (Å²) in [5.74, 6) is 0.782. The number of rotatable bonds is 2. The van der Waals surface area contributed by atoms with Crippen LogP contribution in [0.25, 0.3) is 0 Å². The number of aryl methyl sites for hydroxylation is 2. The summed E-state index contributed by atoms with van der Waals surface area (Å²) in [4.78, 5) is 12.8. The van der Waals surface area contributed by atoms with Gasteiger partial charge in [0.05, 0.1) is 12.2 Å². The lowest BCUT2D eigenvalue weighted by molar-refractivity contribution is 0.103. The number of fused-ring (bicyclic) bond motifs is 1. The van der Waals surface area contributed by atoms with Gasteiger partial charge in [0, 0.05) is 16.5 Å². The standard InChI is InChI=1S/C17H15BrO2/c1-10-3-4-11(2)14(7-10)16(19)15-9-13(18)8-12-5-6-20-17(12)15/h3-4,7-9H,5-6H2,1-2H3. The highest BCUT2D eigenvalue weighted by molar-refractivity contribution is 9.10. The molecule has 0 N–H and O–H groups in total. The molecule has 1 aliphatic heterocycles. The Labute approximate surface area is 126 Å². The zero-order chi connectivity index (χ0) is 14.3. The summed E-state index contributed by atoms with van der Waals surface area (Å²) < 4.78 is 6.58. The molecule has 2 aromatic carbocycles. The molecule has 0 saturated heterocycles. The fourth-order valence-corrected chi connectivity index (χ4v) is 3.07. The van der Waals surface area contributed by atoms with Crippen LogP contribution in [0.4, 0.5) is 0 Å². The van der Waals surface area contributed by atoms with Gasteiger partial charge in [-0.25, -0.2) is 0 Å². The third kappa shape index (κ3) is 2.27. The van der Waals surface area contributed by atoms with Gasteiger partial charge in [-0.1, -0.05) is 33.6 Å². The van der Waals surface area contributed by atoms with Crippen molar-refractivity contribution >= 4 is 21.7 Å². The van der Waals surface area contributed by atoms with Crippen LogP contribution in [0.3, 0.4) is 0 Å². The van der Waals surface area contributed by atoms with Crippen LogP contribution >= 0.6 is 15.9 Å². The maximum atomic E-state index is 12.8. The Balaban J connectivity index is 2.14. The molecule has 0 radical (unpaired) electrons. The molecule has 0 amide bonds. The van der Waals surface area contributed by atoms with Crippen molar-refractivity contribution in [2.45, 2.75) is 20.3 Å². The van der Waals surface area contributed by atoms with E-state index in [-0.39, 0.29) is 5.78 Å². The van der Waals surface area contributed by atoms with Gasteiger partial charge in [-0.2, -0.15) is 0 Å². The third-order valence-electron chi connectivity index (χ3n) is 3.63. The maximum absolute atomic E-state index is 12.8. The molecule has 3 heteroatoms. The molecule has 102 valence electrons. The maximum Gasteiger partial charge on any atom is 0.197 e. The molecule has 0 bridgehead atoms. The first-order valence-corrected chi connectivity index (χ1v) is 7.43. The Hall–Kier alpha value is -1.61. The zero-order valence-electron chi connectivity index (χ0n) is 11.5. The topological polar surface area (TPSA) is 26.3 Å². The van der Waals surface area contributed by atoms with Crippen LogP contribution in [-0.4, -0.2) is 12.4 Å². The third-order valence-corrected chi connectivity index (χ3v) is 4.09. The first-order valence-electron chi connectivity index (χ1n) is 6.63. The van der Waals surface area contributed by atoms with Crippen LogP contribution in [0.1, 0.15) is 32.6 Å². The molecule has 20 heavy (non-hydrogen) atoms. The second kappa shape index (κ2) is 5.06. The van der Waals surface area contributed by atoms with Gasteiger partial charge in [0.15, 0.2) is 5.78 Å². The number of ether oxygens (including phenoxy) is 1. The van der Waals surface area contributed by atoms with Gasteiger partial charge in [-0.15, -0.1) is 0 Å². The van der Waals surface area contributed by atoms with E-state index in [0.29, 0.717) is 12.2 Å². The first-order chi connectivity index (χ1) is 9.56. The molecule has 1 heterocycles. The van der Waals surface area contributed by atoms with Crippen molar-refractivity contribution < 1.29 is 9.53 Å². The van der Waals surface area contributed by atoms with E-state index in [2.05, 4.69) is 15.9 Å². The summed E-state index contributed by atoms with van der Waals surface area (Å²) in [6.07, 6.45) is 0.863. The van der Waals surface area contributed by atoms with Crippen LogP contribution in [0.5, 0.6) is 5.75 Å². The quantitative estimate of drug-likeness (QED) is 0.770. The van der Waals surface area contributed by atoms with Crippen molar-refractivity contribution in [1.29, 1.82) is 0 Å². The minimum Gasteiger partial charge on any atom is -0.492 e. The SMILES string of the molecule is Cc1ccc(C)c(C(=O)c2cc(Br)cc3c2OCC3)c1. The smallest absolute Gasteiger partial charge is 0.197 e. The molecule has 0 fully saturated rings. The van der Waals surface area contributed by atoms with Crippen LogP contribution in [0, 0.1) is 13.8 Å². The summed E-state index contributed by atoms with van der Waals surface area (Å²) in [5.41, 5.74) is 4.59. The second-order valence-corrected chi connectivity index (χ2v) is 6.10. The molecule has 0 aliphatic carbocycles. The molecule has 0 unspecified atom stereocenters. The van der Waals surface area contributed by atoms with Gasteiger partial charge in [-0.05, 0) is 43.2 Å². The highest BCUT2D eigenvalue weighted by Crippen LogP contribution is 2.34. The summed E-state index contributed by atoms with van der Waals surface area (Å²) in [7, 11) is 0. The lowest BCUT2D eigenvalue weighted by Gasteiger charge is -2.10. The van der Waals surface area contributed by atoms with E-state index in [1.165, 1.54) is 0 Å². The molecule has 0 saturated carbocycles. The van der Waals surface area contributed by atoms with E-state index < -0.39 is 0 Å². The number of carbonyl (C=O) groups is 1. The van der Waals surface area contributed by atoms with Gasteiger partial charge >= 0.3 is 0 Å². The molecular formula is C17H15BrO2. The minimum absolute atomic E-state index is 0.0330. The van der Waals surface area contributed by atoms with Crippen LogP contribution < -0.4 is 4.74 Å². The molecule has 0 atom stereocenters. The van der Waals surface area contributed by atoms with Crippen molar-refractivity contribution in [3.63, 3.8) is 0 Å². The number of ketones is 1. The molecule has 1 aliphatic rings. The van der Waals surface area contributed by atoms with Crippen molar-refractivity contribution in [3.8, 4) is 5.75 Å². The van der Waals surface area contributed by atoms with Crippen molar-refractivity contribution in [2.24, 2.45) is 0 Å². The average Bonchev–Trinajstić information content (AvgIpc) is 2.87. The summed E-state index contributed by atoms with van der Waals surface area (Å²) in [6, 6.07) is 9.84. The van der Waals surface area contributed by atoms with E-state index in [1.54, 1.807) is 0 Å². The van der Waals surface area contributed by atoms with Gasteiger partial charge in [0.25, 0.3) is 0 Å². The summed E-state index contributed by atoms with van der Waals surface area (Å²) >= 11 is 3.48. The first kappa shape index (κ1) is 13.4. The highest BCUT2D eigenvalue weighted by Gasteiger charge is 2.23. The van der Waals surface area contributed by atoms with E-state index in [4.69, 9.17) is 4.74 Å². The number of benzene rings is 2. The fourth-order valence-electron chi connectivity index (χ4n) is 2.56. The monoisotopic (exact) mass is 330 g/mol. The molecule has 2 aromatic rings. The predicted octanol–water partition coefficient (Wildman–Crippen LogP) is 4.23. The van der Waals surface area contributed by atoms with Gasteiger partial charge in [-0.3, -0.25) is 4.79 Å². The molecule has 2 nitrogen and oxygen atoms in total. The summed E-state index contributed by atoms with van der Waals surface area (Å²) in [6.45, 7) is 4.61. The van der Waals surface area contributed by atoms with E-state index in [9.17, 15) is 4.79 Å². The van der Waals surface area contributed by atoms with E-state index >= 15 is 0 Å². The lowest BCUT2D eigenvalue weighted by atomic mass is 9.95. The Morgan fingerprint density at radius 2 is 1.95 bits per heavy atom. The van der Waals surface area contributed by atoms with Crippen molar-refractivity contribution in [2.75, 3.05) is 6.61 Å².